The number of anilines is 1. The number of fused-ring (bicyclic) bond motifs is 3. The van der Waals surface area contributed by atoms with Crippen LogP contribution in [-0.4, -0.2) is 39.5 Å². The molecule has 6 nitrogen and oxygen atoms in total. The predicted molar refractivity (Wildman–Crippen MR) is 142 cm³/mol. The van der Waals surface area contributed by atoms with Crippen LogP contribution in [0.15, 0.2) is 57.5 Å². The third-order valence-corrected chi connectivity index (χ3v) is 9.81. The van der Waals surface area contributed by atoms with Crippen molar-refractivity contribution in [3.8, 4) is 11.5 Å². The number of halogens is 5. The summed E-state index contributed by atoms with van der Waals surface area (Å²) in [5.41, 5.74) is -1.96. The number of hydrogen-bond acceptors (Lipinski definition) is 5. The van der Waals surface area contributed by atoms with Crippen LogP contribution < -0.4 is 4.90 Å². The molecule has 1 amide bonds. The molecule has 3 aromatic rings. The van der Waals surface area contributed by atoms with Gasteiger partial charge in [-0.15, -0.1) is 0 Å². The summed E-state index contributed by atoms with van der Waals surface area (Å²) in [5, 5.41) is 14.3. The van der Waals surface area contributed by atoms with Crippen LogP contribution in [0, 0.1) is 17.2 Å². The third kappa shape index (κ3) is 4.74. The van der Waals surface area contributed by atoms with Crippen molar-refractivity contribution in [2.24, 2.45) is 11.3 Å². The van der Waals surface area contributed by atoms with Crippen LogP contribution in [0.2, 0.25) is 0 Å². The SMILES string of the molecule is O=C(C1CC(O)(C(F)(F)F)C1)N(CC12CCC(c3noc(-c4ccc(F)cc4)n3)(CC1)CC2)c1cccc(Br)c1. The lowest BCUT2D eigenvalue weighted by Crippen LogP contribution is -2.60. The first-order valence-corrected chi connectivity index (χ1v) is 14.2. The Morgan fingerprint density at radius 1 is 1.05 bits per heavy atom. The number of rotatable bonds is 6. The first-order chi connectivity index (χ1) is 18.9. The average molecular weight is 622 g/mol. The molecule has 0 radical (unpaired) electrons. The van der Waals surface area contributed by atoms with Crippen molar-refractivity contribution in [1.29, 1.82) is 0 Å². The summed E-state index contributed by atoms with van der Waals surface area (Å²) in [7, 11) is 0. The molecule has 2 aromatic carbocycles. The molecule has 1 aromatic heterocycles. The fraction of sp³-hybridized carbons (Fsp3) is 0.483. The fourth-order valence-corrected chi connectivity index (χ4v) is 7.03. The Morgan fingerprint density at radius 2 is 1.70 bits per heavy atom. The topological polar surface area (TPSA) is 79.5 Å². The van der Waals surface area contributed by atoms with Crippen molar-refractivity contribution in [2.75, 3.05) is 11.4 Å². The molecular formula is C29H28BrF4N3O3. The number of carbonyl (C=O) groups excluding carboxylic acids is 1. The first-order valence-electron chi connectivity index (χ1n) is 13.4. The van der Waals surface area contributed by atoms with Crippen LogP contribution in [0.1, 0.15) is 57.2 Å². The number of carbonyl (C=O) groups is 1. The molecule has 4 fully saturated rings. The van der Waals surface area contributed by atoms with Gasteiger partial charge in [-0.1, -0.05) is 27.2 Å². The van der Waals surface area contributed by atoms with E-state index in [0.717, 1.165) is 43.0 Å². The Morgan fingerprint density at radius 3 is 2.30 bits per heavy atom. The lowest BCUT2D eigenvalue weighted by molar-refractivity contribution is -0.295. The van der Waals surface area contributed by atoms with E-state index in [-0.39, 0.29) is 22.6 Å². The van der Waals surface area contributed by atoms with Crippen LogP contribution >= 0.6 is 15.9 Å². The second-order valence-electron chi connectivity index (χ2n) is 11.7. The molecular weight excluding hydrogens is 594 g/mol. The van der Waals surface area contributed by atoms with Crippen molar-refractivity contribution < 1.29 is 32.0 Å². The smallest absolute Gasteiger partial charge is 0.380 e. The number of benzene rings is 2. The Kier molecular flexibility index (Phi) is 6.61. The van der Waals surface area contributed by atoms with Gasteiger partial charge in [-0.05, 0) is 99.2 Å². The van der Waals surface area contributed by atoms with E-state index in [2.05, 4.69) is 26.1 Å². The molecule has 0 aliphatic heterocycles. The van der Waals surface area contributed by atoms with E-state index in [0.29, 0.717) is 29.5 Å². The summed E-state index contributed by atoms with van der Waals surface area (Å²) in [6.45, 7) is 0.395. The van der Waals surface area contributed by atoms with Crippen molar-refractivity contribution in [2.45, 2.75) is 68.6 Å². The molecule has 4 aliphatic rings. The molecule has 0 atom stereocenters. The highest BCUT2D eigenvalue weighted by atomic mass is 79.9. The maximum absolute atomic E-state index is 13.6. The van der Waals surface area contributed by atoms with E-state index in [9.17, 15) is 27.5 Å². The van der Waals surface area contributed by atoms with Gasteiger partial charge in [0, 0.05) is 33.6 Å². The van der Waals surface area contributed by atoms with E-state index >= 15 is 0 Å². The van der Waals surface area contributed by atoms with Gasteiger partial charge >= 0.3 is 6.18 Å². The molecule has 1 N–H and O–H groups in total. The minimum atomic E-state index is -4.76. The minimum Gasteiger partial charge on any atom is -0.380 e. The molecule has 0 unspecified atom stereocenters. The molecule has 0 spiro atoms. The van der Waals surface area contributed by atoms with Gasteiger partial charge in [0.25, 0.3) is 5.89 Å². The summed E-state index contributed by atoms with van der Waals surface area (Å²) in [4.78, 5) is 19.9. The summed E-state index contributed by atoms with van der Waals surface area (Å²) >= 11 is 3.44. The summed E-state index contributed by atoms with van der Waals surface area (Å²) in [6.07, 6.45) is -1.18. The van der Waals surface area contributed by atoms with E-state index in [1.807, 2.05) is 6.07 Å². The molecule has 11 heteroatoms. The van der Waals surface area contributed by atoms with Gasteiger partial charge in [-0.3, -0.25) is 4.79 Å². The highest BCUT2D eigenvalue weighted by molar-refractivity contribution is 9.10. The Bertz CT molecular complexity index is 1390. The van der Waals surface area contributed by atoms with E-state index in [1.165, 1.54) is 12.1 Å². The van der Waals surface area contributed by atoms with Gasteiger partial charge in [0.1, 0.15) is 5.82 Å². The molecule has 0 saturated heterocycles. The first kappa shape index (κ1) is 27.4. The van der Waals surface area contributed by atoms with Crippen molar-refractivity contribution >= 4 is 27.5 Å². The normalized spacial score (nSPS) is 29.7. The monoisotopic (exact) mass is 621 g/mol. The Balaban J connectivity index is 1.19. The summed E-state index contributed by atoms with van der Waals surface area (Å²) < 4.78 is 59.4. The van der Waals surface area contributed by atoms with Crippen LogP contribution in [0.5, 0.6) is 0 Å². The van der Waals surface area contributed by atoms with Crippen LogP contribution in [0.4, 0.5) is 23.2 Å². The third-order valence-electron chi connectivity index (χ3n) is 9.32. The van der Waals surface area contributed by atoms with Gasteiger partial charge in [0.05, 0.1) is 0 Å². The highest BCUT2D eigenvalue weighted by Gasteiger charge is 2.63. The Labute approximate surface area is 236 Å². The maximum Gasteiger partial charge on any atom is 0.417 e. The number of aliphatic hydroxyl groups is 1. The standard InChI is InChI=1S/C29H28BrF4N3O3/c30-20-2-1-3-22(14-20)37(24(38)19-15-28(39,16-19)29(32,33)34)17-26-8-11-27(12-9-26,13-10-26)25-35-23(40-36-25)18-4-6-21(31)7-5-18/h1-7,14,19,39H,8-13,15-17H2. The zero-order valence-electron chi connectivity index (χ0n) is 21.6. The second-order valence-corrected chi connectivity index (χ2v) is 12.7. The van der Waals surface area contributed by atoms with Crippen LogP contribution in [0.25, 0.3) is 11.5 Å². The van der Waals surface area contributed by atoms with Crippen molar-refractivity contribution in [1.82, 2.24) is 10.1 Å². The number of alkyl halides is 3. The molecule has 2 bridgehead atoms. The molecule has 212 valence electrons. The van der Waals surface area contributed by atoms with Crippen LogP contribution in [0.3, 0.4) is 0 Å². The second kappa shape index (κ2) is 9.65. The minimum absolute atomic E-state index is 0.187. The van der Waals surface area contributed by atoms with E-state index < -0.39 is 30.5 Å². The van der Waals surface area contributed by atoms with E-state index in [1.54, 1.807) is 35.2 Å². The number of nitrogens with zero attached hydrogens (tertiary/aromatic N) is 3. The van der Waals surface area contributed by atoms with Crippen molar-refractivity contribution in [3.05, 3.63) is 64.6 Å². The number of amides is 1. The summed E-state index contributed by atoms with van der Waals surface area (Å²) in [6, 6.07) is 13.1. The van der Waals surface area contributed by atoms with Gasteiger partial charge in [0.2, 0.25) is 5.91 Å². The maximum atomic E-state index is 13.6. The lowest BCUT2D eigenvalue weighted by Gasteiger charge is -2.54. The molecule has 7 rings (SSSR count). The van der Waals surface area contributed by atoms with Gasteiger partial charge in [-0.25, -0.2) is 4.39 Å². The van der Waals surface area contributed by atoms with E-state index in [4.69, 9.17) is 4.52 Å². The quantitative estimate of drug-likeness (QED) is 0.301. The molecule has 40 heavy (non-hydrogen) atoms. The lowest BCUT2D eigenvalue weighted by atomic mass is 9.53. The predicted octanol–water partition coefficient (Wildman–Crippen LogP) is 6.97. The van der Waals surface area contributed by atoms with Crippen LogP contribution in [-0.2, 0) is 10.2 Å². The Hall–Kier alpha value is -2.79. The highest BCUT2D eigenvalue weighted by Crippen LogP contribution is 2.58. The number of hydrogen-bond donors (Lipinski definition) is 1. The zero-order valence-corrected chi connectivity index (χ0v) is 23.1. The molecule has 4 aliphatic carbocycles. The van der Waals surface area contributed by atoms with Crippen molar-refractivity contribution in [3.63, 3.8) is 0 Å². The van der Waals surface area contributed by atoms with Gasteiger partial charge in [-0.2, -0.15) is 18.2 Å². The largest absolute Gasteiger partial charge is 0.417 e. The molecule has 1 heterocycles. The fourth-order valence-electron chi connectivity index (χ4n) is 6.64. The number of aromatic nitrogens is 2. The average Bonchev–Trinajstić information content (AvgIpc) is 3.42. The van der Waals surface area contributed by atoms with Gasteiger partial charge in [0.15, 0.2) is 11.4 Å². The molecule has 4 saturated carbocycles. The summed E-state index contributed by atoms with van der Waals surface area (Å²) in [5.74, 6) is -0.636. The van der Waals surface area contributed by atoms with Gasteiger partial charge < -0.3 is 14.5 Å². The zero-order chi connectivity index (χ0) is 28.3.